The summed E-state index contributed by atoms with van der Waals surface area (Å²) in [6.07, 6.45) is 6.30. The SMILES string of the molecule is CCOCCCNC1CCc2c(c(C(=O)N3CCCC3)nn2CC(C)C)C1. The van der Waals surface area contributed by atoms with Crippen LogP contribution in [0, 0.1) is 5.92 Å². The van der Waals surface area contributed by atoms with Crippen molar-refractivity contribution >= 4 is 5.91 Å². The number of nitrogens with zero attached hydrogens (tertiary/aromatic N) is 3. The molecular weight excluding hydrogens is 340 g/mol. The summed E-state index contributed by atoms with van der Waals surface area (Å²) >= 11 is 0. The number of carbonyl (C=O) groups excluding carboxylic acids is 1. The second-order valence-corrected chi connectivity index (χ2v) is 8.29. The zero-order valence-corrected chi connectivity index (χ0v) is 17.3. The Labute approximate surface area is 163 Å². The predicted molar refractivity (Wildman–Crippen MR) is 107 cm³/mol. The minimum atomic E-state index is 0.142. The lowest BCUT2D eigenvalue weighted by molar-refractivity contribution is 0.0784. The van der Waals surface area contributed by atoms with Crippen LogP contribution in [0.3, 0.4) is 0 Å². The molecule has 1 saturated heterocycles. The molecule has 1 amide bonds. The Morgan fingerprint density at radius 3 is 2.81 bits per heavy atom. The van der Waals surface area contributed by atoms with Gasteiger partial charge in [0.05, 0.1) is 0 Å². The summed E-state index contributed by atoms with van der Waals surface area (Å²) in [6, 6.07) is 0.431. The van der Waals surface area contributed by atoms with E-state index in [9.17, 15) is 4.79 Å². The maximum atomic E-state index is 13.1. The van der Waals surface area contributed by atoms with Crippen LogP contribution in [0.2, 0.25) is 0 Å². The van der Waals surface area contributed by atoms with Crippen molar-refractivity contribution in [3.63, 3.8) is 0 Å². The fraction of sp³-hybridized carbons (Fsp3) is 0.810. The first kappa shape index (κ1) is 20.3. The average molecular weight is 377 g/mol. The number of fused-ring (bicyclic) bond motifs is 1. The Balaban J connectivity index is 1.71. The summed E-state index contributed by atoms with van der Waals surface area (Å²) in [5.41, 5.74) is 3.20. The van der Waals surface area contributed by atoms with E-state index in [0.717, 1.165) is 77.9 Å². The van der Waals surface area contributed by atoms with Gasteiger partial charge in [-0.05, 0) is 57.9 Å². The highest BCUT2D eigenvalue weighted by Gasteiger charge is 2.31. The van der Waals surface area contributed by atoms with Crippen molar-refractivity contribution in [3.8, 4) is 0 Å². The van der Waals surface area contributed by atoms with Crippen molar-refractivity contribution in [1.82, 2.24) is 20.0 Å². The molecule has 6 heteroatoms. The predicted octanol–water partition coefficient (Wildman–Crippen LogP) is 2.65. The molecule has 1 fully saturated rings. The van der Waals surface area contributed by atoms with Gasteiger partial charge in [-0.15, -0.1) is 0 Å². The van der Waals surface area contributed by atoms with E-state index >= 15 is 0 Å². The van der Waals surface area contributed by atoms with E-state index in [4.69, 9.17) is 9.84 Å². The Morgan fingerprint density at radius 2 is 2.11 bits per heavy atom. The number of nitrogens with one attached hydrogen (secondary N) is 1. The van der Waals surface area contributed by atoms with Crippen LogP contribution in [0.1, 0.15) is 68.2 Å². The second kappa shape index (κ2) is 9.69. The molecular formula is C21H36N4O2. The molecule has 0 radical (unpaired) electrons. The molecule has 1 aliphatic heterocycles. The largest absolute Gasteiger partial charge is 0.382 e. The topological polar surface area (TPSA) is 59.4 Å². The number of ether oxygens (including phenoxy) is 1. The van der Waals surface area contributed by atoms with Crippen molar-refractivity contribution in [2.24, 2.45) is 5.92 Å². The van der Waals surface area contributed by atoms with Gasteiger partial charge in [0.15, 0.2) is 5.69 Å². The third kappa shape index (κ3) is 5.11. The summed E-state index contributed by atoms with van der Waals surface area (Å²) < 4.78 is 7.54. The first-order chi connectivity index (χ1) is 13.1. The van der Waals surface area contributed by atoms with Crippen molar-refractivity contribution < 1.29 is 9.53 Å². The Morgan fingerprint density at radius 1 is 1.33 bits per heavy atom. The fourth-order valence-corrected chi connectivity index (χ4v) is 4.23. The molecule has 27 heavy (non-hydrogen) atoms. The summed E-state index contributed by atoms with van der Waals surface area (Å²) in [5.74, 6) is 0.668. The van der Waals surface area contributed by atoms with E-state index in [1.54, 1.807) is 0 Å². The highest BCUT2D eigenvalue weighted by Crippen LogP contribution is 2.27. The quantitative estimate of drug-likeness (QED) is 0.673. The van der Waals surface area contributed by atoms with Gasteiger partial charge in [0.2, 0.25) is 0 Å². The third-order valence-corrected chi connectivity index (χ3v) is 5.58. The van der Waals surface area contributed by atoms with Gasteiger partial charge in [0.1, 0.15) is 0 Å². The number of amides is 1. The third-order valence-electron chi connectivity index (χ3n) is 5.58. The van der Waals surface area contributed by atoms with E-state index in [1.807, 2.05) is 11.8 Å². The number of hydrogen-bond donors (Lipinski definition) is 1. The fourth-order valence-electron chi connectivity index (χ4n) is 4.23. The molecule has 152 valence electrons. The standard InChI is InChI=1S/C21H36N4O2/c1-4-27-13-7-10-22-17-8-9-19-18(14-17)20(23-25(19)15-16(2)3)21(26)24-11-5-6-12-24/h16-17,22H,4-15H2,1-3H3. The van der Waals surface area contributed by atoms with Gasteiger partial charge in [-0.3, -0.25) is 9.48 Å². The molecule has 2 heterocycles. The Bertz CT molecular complexity index is 620. The van der Waals surface area contributed by atoms with Crippen LogP contribution in [0.15, 0.2) is 0 Å². The lowest BCUT2D eigenvalue weighted by Gasteiger charge is -2.25. The molecule has 1 atom stereocenters. The summed E-state index contributed by atoms with van der Waals surface area (Å²) in [7, 11) is 0. The highest BCUT2D eigenvalue weighted by atomic mass is 16.5. The molecule has 2 aliphatic rings. The van der Waals surface area contributed by atoms with Crippen LogP contribution in [0.25, 0.3) is 0 Å². The van der Waals surface area contributed by atoms with Crippen molar-refractivity contribution in [1.29, 1.82) is 0 Å². The number of carbonyl (C=O) groups is 1. The Hall–Kier alpha value is -1.40. The van der Waals surface area contributed by atoms with Crippen molar-refractivity contribution in [2.75, 3.05) is 32.8 Å². The normalized spacial score (nSPS) is 19.7. The van der Waals surface area contributed by atoms with Crippen LogP contribution >= 0.6 is 0 Å². The van der Waals surface area contributed by atoms with Gasteiger partial charge >= 0.3 is 0 Å². The van der Waals surface area contributed by atoms with Crippen LogP contribution in [-0.4, -0.2) is 59.5 Å². The van der Waals surface area contributed by atoms with Crippen LogP contribution in [0.5, 0.6) is 0 Å². The monoisotopic (exact) mass is 376 g/mol. The van der Waals surface area contributed by atoms with E-state index in [-0.39, 0.29) is 5.91 Å². The molecule has 6 nitrogen and oxygen atoms in total. The Kier molecular flexibility index (Phi) is 7.30. The van der Waals surface area contributed by atoms with Gasteiger partial charge in [-0.2, -0.15) is 5.10 Å². The molecule has 1 aliphatic carbocycles. The smallest absolute Gasteiger partial charge is 0.274 e. The highest BCUT2D eigenvalue weighted by molar-refractivity contribution is 5.94. The number of hydrogen-bond acceptors (Lipinski definition) is 4. The lowest BCUT2D eigenvalue weighted by atomic mass is 9.91. The molecule has 1 aromatic heterocycles. The zero-order valence-electron chi connectivity index (χ0n) is 17.3. The molecule has 0 saturated carbocycles. The number of rotatable bonds is 9. The van der Waals surface area contributed by atoms with E-state index in [1.165, 1.54) is 11.3 Å². The molecule has 1 unspecified atom stereocenters. The first-order valence-corrected chi connectivity index (χ1v) is 10.8. The maximum absolute atomic E-state index is 13.1. The molecule has 0 aromatic carbocycles. The lowest BCUT2D eigenvalue weighted by Crippen LogP contribution is -2.37. The van der Waals surface area contributed by atoms with Gasteiger partial charge < -0.3 is 15.0 Å². The summed E-state index contributed by atoms with van der Waals surface area (Å²) in [5, 5.41) is 8.47. The number of aromatic nitrogens is 2. The van der Waals surface area contributed by atoms with E-state index < -0.39 is 0 Å². The molecule has 0 spiro atoms. The van der Waals surface area contributed by atoms with Gasteiger partial charge in [-0.1, -0.05) is 13.8 Å². The maximum Gasteiger partial charge on any atom is 0.274 e. The molecule has 1 N–H and O–H groups in total. The first-order valence-electron chi connectivity index (χ1n) is 10.8. The second-order valence-electron chi connectivity index (χ2n) is 8.29. The van der Waals surface area contributed by atoms with E-state index in [0.29, 0.717) is 17.7 Å². The van der Waals surface area contributed by atoms with Gasteiger partial charge in [0, 0.05) is 50.1 Å². The van der Waals surface area contributed by atoms with E-state index in [2.05, 4.69) is 23.8 Å². The van der Waals surface area contributed by atoms with Crippen LogP contribution < -0.4 is 5.32 Å². The molecule has 1 aromatic rings. The molecule has 3 rings (SSSR count). The van der Waals surface area contributed by atoms with Crippen LogP contribution in [-0.2, 0) is 24.1 Å². The average Bonchev–Trinajstić information content (AvgIpc) is 3.29. The minimum absolute atomic E-state index is 0.142. The van der Waals surface area contributed by atoms with Crippen molar-refractivity contribution in [2.45, 2.75) is 71.9 Å². The van der Waals surface area contributed by atoms with Crippen molar-refractivity contribution in [3.05, 3.63) is 17.0 Å². The van der Waals surface area contributed by atoms with Crippen LogP contribution in [0.4, 0.5) is 0 Å². The summed E-state index contributed by atoms with van der Waals surface area (Å²) in [4.78, 5) is 15.1. The number of likely N-dealkylation sites (tertiary alicyclic amines) is 1. The minimum Gasteiger partial charge on any atom is -0.382 e. The molecule has 0 bridgehead atoms. The van der Waals surface area contributed by atoms with Gasteiger partial charge in [-0.25, -0.2) is 0 Å². The van der Waals surface area contributed by atoms with Gasteiger partial charge in [0.25, 0.3) is 5.91 Å². The summed E-state index contributed by atoms with van der Waals surface area (Å²) in [6.45, 7) is 11.7. The zero-order chi connectivity index (χ0) is 19.2.